The fraction of sp³-hybridized carbons (Fsp3) is 0.160. The maximum absolute atomic E-state index is 6.53. The minimum atomic E-state index is -0.103. The third-order valence-corrected chi connectivity index (χ3v) is 5.48. The molecule has 0 spiro atoms. The average Bonchev–Trinajstić information content (AvgIpc) is 3.18. The lowest BCUT2D eigenvalue weighted by Gasteiger charge is -2.14. The van der Waals surface area contributed by atoms with E-state index >= 15 is 0 Å². The van der Waals surface area contributed by atoms with Crippen LogP contribution in [-0.4, -0.2) is 19.7 Å². The van der Waals surface area contributed by atoms with Crippen LogP contribution in [0, 0.1) is 0 Å². The van der Waals surface area contributed by atoms with Gasteiger partial charge in [-0.05, 0) is 35.0 Å². The molecule has 0 saturated carbocycles. The molecular weight excluding hydrogens is 406 g/mol. The van der Waals surface area contributed by atoms with Crippen molar-refractivity contribution < 1.29 is 0 Å². The lowest BCUT2D eigenvalue weighted by Crippen LogP contribution is -2.12. The topological polar surface area (TPSA) is 55.6 Å². The number of nitrogens with zero attached hydrogens (tertiary/aromatic N) is 4. The Hall–Kier alpha value is -3.44. The fourth-order valence-electron chi connectivity index (χ4n) is 3.52. The number of anilines is 2. The summed E-state index contributed by atoms with van der Waals surface area (Å²) in [5.41, 5.74) is 3.37. The van der Waals surface area contributed by atoms with Gasteiger partial charge in [0, 0.05) is 11.5 Å². The lowest BCUT2D eigenvalue weighted by molar-refractivity contribution is 0.560. The number of hydrogen-bond acceptors (Lipinski definition) is 4. The van der Waals surface area contributed by atoms with Crippen molar-refractivity contribution in [2.75, 3.05) is 5.32 Å². The van der Waals surface area contributed by atoms with Crippen LogP contribution in [0.5, 0.6) is 0 Å². The summed E-state index contributed by atoms with van der Waals surface area (Å²) in [4.78, 5) is 9.37. The summed E-state index contributed by atoms with van der Waals surface area (Å²) in [5, 5.41) is 10.8. The number of rotatable bonds is 3. The highest BCUT2D eigenvalue weighted by Gasteiger charge is 2.21. The predicted octanol–water partition coefficient (Wildman–Crippen LogP) is 6.66. The zero-order chi connectivity index (χ0) is 21.6. The molecule has 6 heteroatoms. The number of halogens is 1. The summed E-state index contributed by atoms with van der Waals surface area (Å²) in [6, 6.07) is 24.2. The van der Waals surface area contributed by atoms with E-state index in [0.717, 1.165) is 39.0 Å². The Morgan fingerprint density at radius 1 is 0.806 bits per heavy atom. The van der Waals surface area contributed by atoms with Crippen molar-refractivity contribution >= 4 is 45.0 Å². The van der Waals surface area contributed by atoms with Crippen LogP contribution in [0.1, 0.15) is 26.5 Å². The van der Waals surface area contributed by atoms with Gasteiger partial charge in [-0.2, -0.15) is 5.10 Å². The molecule has 31 heavy (non-hydrogen) atoms. The van der Waals surface area contributed by atoms with E-state index in [0.29, 0.717) is 11.0 Å². The summed E-state index contributed by atoms with van der Waals surface area (Å²) >= 11 is 6.53. The van der Waals surface area contributed by atoms with Crippen LogP contribution in [0.3, 0.4) is 0 Å². The summed E-state index contributed by atoms with van der Waals surface area (Å²) in [6.45, 7) is 6.42. The Bertz CT molecular complexity index is 1400. The number of benzene rings is 3. The molecule has 0 aliphatic carbocycles. The van der Waals surface area contributed by atoms with Gasteiger partial charge in [0.05, 0.1) is 22.4 Å². The van der Waals surface area contributed by atoms with Gasteiger partial charge in [0.15, 0.2) is 11.0 Å². The van der Waals surface area contributed by atoms with Gasteiger partial charge in [-0.15, -0.1) is 0 Å². The molecular formula is C25H22ClN5. The molecule has 0 aliphatic rings. The highest BCUT2D eigenvalue weighted by atomic mass is 35.5. The number of nitrogens with one attached hydrogen (secondary N) is 1. The maximum atomic E-state index is 6.53. The van der Waals surface area contributed by atoms with Crippen molar-refractivity contribution in [1.82, 2.24) is 19.7 Å². The maximum Gasteiger partial charge on any atom is 0.172 e. The van der Waals surface area contributed by atoms with E-state index in [4.69, 9.17) is 21.7 Å². The largest absolute Gasteiger partial charge is 0.322 e. The molecule has 0 unspecified atom stereocenters. The summed E-state index contributed by atoms with van der Waals surface area (Å²) in [6.07, 6.45) is 0. The molecule has 0 aliphatic heterocycles. The summed E-state index contributed by atoms with van der Waals surface area (Å²) < 4.78 is 1.88. The number of para-hydroxylation sites is 1. The molecule has 5 nitrogen and oxygen atoms in total. The van der Waals surface area contributed by atoms with E-state index in [1.807, 2.05) is 65.3 Å². The molecule has 0 fully saturated rings. The normalized spacial score (nSPS) is 11.9. The van der Waals surface area contributed by atoms with Gasteiger partial charge in [0.1, 0.15) is 5.82 Å². The summed E-state index contributed by atoms with van der Waals surface area (Å²) in [7, 11) is 0. The van der Waals surface area contributed by atoms with Crippen molar-refractivity contribution in [2.45, 2.75) is 26.2 Å². The summed E-state index contributed by atoms with van der Waals surface area (Å²) in [5.74, 6) is 1.29. The Kier molecular flexibility index (Phi) is 4.63. The molecule has 5 rings (SSSR count). The quantitative estimate of drug-likeness (QED) is 0.327. The van der Waals surface area contributed by atoms with Crippen LogP contribution < -0.4 is 5.32 Å². The second kappa shape index (κ2) is 7.36. The highest BCUT2D eigenvalue weighted by molar-refractivity contribution is 6.32. The van der Waals surface area contributed by atoms with E-state index in [-0.39, 0.29) is 5.41 Å². The Morgan fingerprint density at radius 3 is 2.06 bits per heavy atom. The van der Waals surface area contributed by atoms with Gasteiger partial charge in [0.25, 0.3) is 0 Å². The molecule has 0 amide bonds. The van der Waals surface area contributed by atoms with E-state index in [9.17, 15) is 0 Å². The Labute approximate surface area is 185 Å². The van der Waals surface area contributed by atoms with Crippen LogP contribution in [-0.2, 0) is 5.41 Å². The van der Waals surface area contributed by atoms with Crippen molar-refractivity contribution in [1.29, 1.82) is 0 Å². The van der Waals surface area contributed by atoms with E-state index in [1.165, 1.54) is 0 Å². The molecule has 0 atom stereocenters. The second-order valence-corrected chi connectivity index (χ2v) is 8.95. The third-order valence-electron chi connectivity index (χ3n) is 5.21. The number of hydrogen-bond donors (Lipinski definition) is 1. The average molecular weight is 428 g/mol. The van der Waals surface area contributed by atoms with Gasteiger partial charge < -0.3 is 5.32 Å². The monoisotopic (exact) mass is 427 g/mol. The lowest BCUT2D eigenvalue weighted by atomic mass is 9.92. The van der Waals surface area contributed by atoms with Crippen LogP contribution >= 0.6 is 11.6 Å². The SMILES string of the molecule is CC(C)(C)c1cc(Nc2nc3cc4ccccc4cc3nc2Cl)n(-c2ccccc2)n1. The first-order valence-corrected chi connectivity index (χ1v) is 10.6. The van der Waals surface area contributed by atoms with Crippen LogP contribution in [0.25, 0.3) is 27.5 Å². The van der Waals surface area contributed by atoms with Crippen LogP contribution in [0.15, 0.2) is 72.8 Å². The first-order chi connectivity index (χ1) is 14.9. The van der Waals surface area contributed by atoms with E-state index in [2.05, 4.69) is 43.2 Å². The minimum absolute atomic E-state index is 0.103. The molecule has 3 aromatic carbocycles. The molecule has 1 N–H and O–H groups in total. The molecule has 0 bridgehead atoms. The van der Waals surface area contributed by atoms with Crippen molar-refractivity contribution in [3.8, 4) is 5.69 Å². The van der Waals surface area contributed by atoms with Crippen molar-refractivity contribution in [3.05, 3.63) is 83.6 Å². The molecule has 154 valence electrons. The van der Waals surface area contributed by atoms with E-state index < -0.39 is 0 Å². The van der Waals surface area contributed by atoms with Crippen LogP contribution in [0.4, 0.5) is 11.6 Å². The minimum Gasteiger partial charge on any atom is -0.322 e. The van der Waals surface area contributed by atoms with Gasteiger partial charge in [-0.1, -0.05) is 74.8 Å². The molecule has 0 radical (unpaired) electrons. The van der Waals surface area contributed by atoms with Gasteiger partial charge in [0.2, 0.25) is 0 Å². The number of aromatic nitrogens is 4. The second-order valence-electron chi connectivity index (χ2n) is 8.59. The molecule has 5 aromatic rings. The van der Waals surface area contributed by atoms with Gasteiger partial charge >= 0.3 is 0 Å². The molecule has 0 saturated heterocycles. The highest BCUT2D eigenvalue weighted by Crippen LogP contribution is 2.31. The zero-order valence-corrected chi connectivity index (χ0v) is 18.4. The predicted molar refractivity (Wildman–Crippen MR) is 128 cm³/mol. The first-order valence-electron chi connectivity index (χ1n) is 10.2. The van der Waals surface area contributed by atoms with Crippen molar-refractivity contribution in [3.63, 3.8) is 0 Å². The van der Waals surface area contributed by atoms with Crippen LogP contribution in [0.2, 0.25) is 5.15 Å². The first kappa shape index (κ1) is 19.5. The smallest absolute Gasteiger partial charge is 0.172 e. The van der Waals surface area contributed by atoms with E-state index in [1.54, 1.807) is 0 Å². The molecule has 2 heterocycles. The van der Waals surface area contributed by atoms with Gasteiger partial charge in [-0.25, -0.2) is 14.6 Å². The van der Waals surface area contributed by atoms with Gasteiger partial charge in [-0.3, -0.25) is 0 Å². The number of fused-ring (bicyclic) bond motifs is 2. The standard InChI is InChI=1S/C25H22ClN5/c1-25(2,3)21-15-22(31(30-21)18-11-5-4-6-12-18)29-24-23(26)27-19-13-16-9-7-8-10-17(16)14-20(19)28-24/h4-15H,1-3H3,(H,28,29). The fourth-order valence-corrected chi connectivity index (χ4v) is 3.70. The Morgan fingerprint density at radius 2 is 1.42 bits per heavy atom. The zero-order valence-electron chi connectivity index (χ0n) is 17.6. The molecule has 2 aromatic heterocycles. The third kappa shape index (κ3) is 3.73. The Balaban J connectivity index is 1.62. The van der Waals surface area contributed by atoms with Crippen molar-refractivity contribution in [2.24, 2.45) is 0 Å².